The monoisotopic (exact) mass is 333 g/mol. The van der Waals surface area contributed by atoms with Crippen LogP contribution in [0, 0.1) is 6.92 Å². The van der Waals surface area contributed by atoms with Crippen LogP contribution in [0.3, 0.4) is 0 Å². The Labute approximate surface area is 124 Å². The van der Waals surface area contributed by atoms with E-state index in [2.05, 4.69) is 21.2 Å². The minimum absolute atomic E-state index is 0.186. The molecule has 1 amide bonds. The summed E-state index contributed by atoms with van der Waals surface area (Å²) in [6, 6.07) is 10.9. The molecule has 2 aromatic carbocycles. The Kier molecular flexibility index (Phi) is 3.36. The lowest BCUT2D eigenvalue weighted by atomic mass is 10.1. The SMILES string of the molecule is Cc1cccc(NC(=O)c2ccc3c(c2)OCO3)c1Br. The number of hydrogen-bond acceptors (Lipinski definition) is 3. The Morgan fingerprint density at radius 2 is 2.00 bits per heavy atom. The fourth-order valence-electron chi connectivity index (χ4n) is 1.98. The smallest absolute Gasteiger partial charge is 0.255 e. The number of fused-ring (bicyclic) bond motifs is 1. The van der Waals surface area contributed by atoms with E-state index in [-0.39, 0.29) is 12.7 Å². The van der Waals surface area contributed by atoms with Crippen LogP contribution in [-0.2, 0) is 0 Å². The minimum atomic E-state index is -0.186. The van der Waals surface area contributed by atoms with E-state index in [0.717, 1.165) is 15.7 Å². The minimum Gasteiger partial charge on any atom is -0.454 e. The van der Waals surface area contributed by atoms with Gasteiger partial charge < -0.3 is 14.8 Å². The van der Waals surface area contributed by atoms with E-state index in [1.807, 2.05) is 25.1 Å². The van der Waals surface area contributed by atoms with E-state index >= 15 is 0 Å². The number of rotatable bonds is 2. The number of aryl methyl sites for hydroxylation is 1. The molecule has 0 aromatic heterocycles. The lowest BCUT2D eigenvalue weighted by Gasteiger charge is -2.09. The number of ether oxygens (including phenoxy) is 2. The largest absolute Gasteiger partial charge is 0.454 e. The first kappa shape index (κ1) is 13.0. The van der Waals surface area contributed by atoms with Gasteiger partial charge in [0.2, 0.25) is 6.79 Å². The van der Waals surface area contributed by atoms with Gasteiger partial charge in [0.25, 0.3) is 5.91 Å². The molecule has 1 heterocycles. The fourth-order valence-corrected chi connectivity index (χ4v) is 2.34. The summed E-state index contributed by atoms with van der Waals surface area (Å²) in [7, 11) is 0. The molecule has 2 aromatic rings. The summed E-state index contributed by atoms with van der Waals surface area (Å²) in [5, 5.41) is 2.88. The summed E-state index contributed by atoms with van der Waals surface area (Å²) in [4.78, 5) is 12.2. The molecule has 3 rings (SSSR count). The second kappa shape index (κ2) is 5.17. The highest BCUT2D eigenvalue weighted by Gasteiger charge is 2.16. The zero-order valence-corrected chi connectivity index (χ0v) is 12.4. The molecule has 20 heavy (non-hydrogen) atoms. The van der Waals surface area contributed by atoms with Gasteiger partial charge in [0.1, 0.15) is 0 Å². The summed E-state index contributed by atoms with van der Waals surface area (Å²) in [5.41, 5.74) is 2.34. The highest BCUT2D eigenvalue weighted by Crippen LogP contribution is 2.33. The topological polar surface area (TPSA) is 47.6 Å². The number of halogens is 1. The van der Waals surface area contributed by atoms with Crippen LogP contribution in [0.15, 0.2) is 40.9 Å². The van der Waals surface area contributed by atoms with Crippen LogP contribution < -0.4 is 14.8 Å². The zero-order chi connectivity index (χ0) is 14.1. The average molecular weight is 334 g/mol. The zero-order valence-electron chi connectivity index (χ0n) is 10.8. The maximum atomic E-state index is 12.2. The molecular formula is C15H12BrNO3. The molecule has 0 fully saturated rings. The predicted molar refractivity (Wildman–Crippen MR) is 79.4 cm³/mol. The molecule has 0 unspecified atom stereocenters. The molecule has 0 atom stereocenters. The van der Waals surface area contributed by atoms with Gasteiger partial charge in [-0.1, -0.05) is 12.1 Å². The number of anilines is 1. The molecule has 0 aliphatic carbocycles. The van der Waals surface area contributed by atoms with Gasteiger partial charge in [-0.15, -0.1) is 0 Å². The molecule has 5 heteroatoms. The fraction of sp³-hybridized carbons (Fsp3) is 0.133. The van der Waals surface area contributed by atoms with Gasteiger partial charge in [-0.25, -0.2) is 0 Å². The second-order valence-electron chi connectivity index (χ2n) is 4.46. The summed E-state index contributed by atoms with van der Waals surface area (Å²) in [5.74, 6) is 1.08. The van der Waals surface area contributed by atoms with Crippen molar-refractivity contribution < 1.29 is 14.3 Å². The number of carbonyl (C=O) groups is 1. The molecule has 0 spiro atoms. The van der Waals surface area contributed by atoms with Crippen molar-refractivity contribution in [3.05, 3.63) is 52.0 Å². The van der Waals surface area contributed by atoms with E-state index in [1.165, 1.54) is 0 Å². The van der Waals surface area contributed by atoms with E-state index in [4.69, 9.17) is 9.47 Å². The molecule has 4 nitrogen and oxygen atoms in total. The molecule has 0 radical (unpaired) electrons. The second-order valence-corrected chi connectivity index (χ2v) is 5.25. The van der Waals surface area contributed by atoms with Crippen LogP contribution in [0.1, 0.15) is 15.9 Å². The summed E-state index contributed by atoms with van der Waals surface area (Å²) in [6.07, 6.45) is 0. The van der Waals surface area contributed by atoms with Crippen molar-refractivity contribution >= 4 is 27.5 Å². The Bertz CT molecular complexity index is 685. The summed E-state index contributed by atoms with van der Waals surface area (Å²) < 4.78 is 11.4. The van der Waals surface area contributed by atoms with Gasteiger partial charge >= 0.3 is 0 Å². The first-order chi connectivity index (χ1) is 9.65. The predicted octanol–water partition coefficient (Wildman–Crippen LogP) is 3.74. The first-order valence-corrected chi connectivity index (χ1v) is 6.90. The molecule has 1 aliphatic rings. The summed E-state index contributed by atoms with van der Waals surface area (Å²) >= 11 is 3.47. The van der Waals surface area contributed by atoms with Crippen molar-refractivity contribution in [3.63, 3.8) is 0 Å². The van der Waals surface area contributed by atoms with E-state index < -0.39 is 0 Å². The van der Waals surface area contributed by atoms with Crippen molar-refractivity contribution in [2.75, 3.05) is 12.1 Å². The lowest BCUT2D eigenvalue weighted by molar-refractivity contribution is 0.102. The number of benzene rings is 2. The average Bonchev–Trinajstić information content (AvgIpc) is 2.91. The molecular weight excluding hydrogens is 322 g/mol. The van der Waals surface area contributed by atoms with Crippen LogP contribution in [-0.4, -0.2) is 12.7 Å². The first-order valence-electron chi connectivity index (χ1n) is 6.11. The van der Waals surface area contributed by atoms with Crippen molar-refractivity contribution in [3.8, 4) is 11.5 Å². The normalized spacial score (nSPS) is 12.3. The maximum Gasteiger partial charge on any atom is 0.255 e. The van der Waals surface area contributed by atoms with Crippen LogP contribution in [0.5, 0.6) is 11.5 Å². The van der Waals surface area contributed by atoms with Crippen molar-refractivity contribution in [2.24, 2.45) is 0 Å². The Hall–Kier alpha value is -2.01. The number of carbonyl (C=O) groups excluding carboxylic acids is 1. The van der Waals surface area contributed by atoms with Crippen LogP contribution in [0.25, 0.3) is 0 Å². The quantitative estimate of drug-likeness (QED) is 0.910. The van der Waals surface area contributed by atoms with Crippen LogP contribution >= 0.6 is 15.9 Å². The van der Waals surface area contributed by atoms with Crippen LogP contribution in [0.4, 0.5) is 5.69 Å². The Morgan fingerprint density at radius 3 is 2.85 bits per heavy atom. The molecule has 0 saturated carbocycles. The number of nitrogens with one attached hydrogen (secondary N) is 1. The third kappa shape index (κ3) is 2.36. The maximum absolute atomic E-state index is 12.2. The third-order valence-electron chi connectivity index (χ3n) is 3.07. The van der Waals surface area contributed by atoms with Crippen molar-refractivity contribution in [1.82, 2.24) is 0 Å². The number of hydrogen-bond donors (Lipinski definition) is 1. The Morgan fingerprint density at radius 1 is 1.20 bits per heavy atom. The molecule has 0 saturated heterocycles. The van der Waals surface area contributed by atoms with Gasteiger partial charge in [-0.3, -0.25) is 4.79 Å². The van der Waals surface area contributed by atoms with Crippen LogP contribution in [0.2, 0.25) is 0 Å². The van der Waals surface area contributed by atoms with Gasteiger partial charge in [0.05, 0.1) is 5.69 Å². The molecule has 102 valence electrons. The highest BCUT2D eigenvalue weighted by atomic mass is 79.9. The molecule has 0 bridgehead atoms. The standard InChI is InChI=1S/C15H12BrNO3/c1-9-3-2-4-11(14(9)16)17-15(18)10-5-6-12-13(7-10)20-8-19-12/h2-7H,8H2,1H3,(H,17,18). The molecule has 1 aliphatic heterocycles. The van der Waals surface area contributed by atoms with Gasteiger partial charge in [-0.2, -0.15) is 0 Å². The van der Waals surface area contributed by atoms with Gasteiger partial charge in [-0.05, 0) is 52.7 Å². The molecule has 1 N–H and O–H groups in total. The number of amides is 1. The summed E-state index contributed by atoms with van der Waals surface area (Å²) in [6.45, 7) is 2.17. The van der Waals surface area contributed by atoms with E-state index in [0.29, 0.717) is 17.1 Å². The Balaban J connectivity index is 1.84. The van der Waals surface area contributed by atoms with E-state index in [1.54, 1.807) is 18.2 Å². The van der Waals surface area contributed by atoms with Crippen molar-refractivity contribution in [2.45, 2.75) is 6.92 Å². The van der Waals surface area contributed by atoms with Gasteiger partial charge in [0.15, 0.2) is 11.5 Å². The highest BCUT2D eigenvalue weighted by molar-refractivity contribution is 9.10. The van der Waals surface area contributed by atoms with Gasteiger partial charge in [0, 0.05) is 10.0 Å². The van der Waals surface area contributed by atoms with Crippen molar-refractivity contribution in [1.29, 1.82) is 0 Å². The van der Waals surface area contributed by atoms with E-state index in [9.17, 15) is 4.79 Å². The third-order valence-corrected chi connectivity index (χ3v) is 4.13. The lowest BCUT2D eigenvalue weighted by Crippen LogP contribution is -2.12.